The Morgan fingerprint density at radius 3 is 2.47 bits per heavy atom. The van der Waals surface area contributed by atoms with Gasteiger partial charge in [-0.25, -0.2) is 4.98 Å². The van der Waals surface area contributed by atoms with Crippen molar-refractivity contribution in [2.75, 3.05) is 7.05 Å². The van der Waals surface area contributed by atoms with Gasteiger partial charge in [-0.05, 0) is 31.2 Å². The van der Waals surface area contributed by atoms with Crippen molar-refractivity contribution in [3.05, 3.63) is 65.9 Å². The lowest BCUT2D eigenvalue weighted by molar-refractivity contribution is -0.139. The Labute approximate surface area is 173 Å². The number of carboxylic acids is 1. The zero-order valence-electron chi connectivity index (χ0n) is 16.3. The molecule has 0 aliphatic heterocycles. The number of aromatic hydroxyl groups is 1. The van der Waals surface area contributed by atoms with Crippen molar-refractivity contribution in [3.63, 3.8) is 0 Å². The van der Waals surface area contributed by atoms with Crippen molar-refractivity contribution in [2.45, 2.75) is 12.5 Å². The number of carboxylic acid groups (broad SMARTS) is 1. The zero-order chi connectivity index (χ0) is 22.1. The van der Waals surface area contributed by atoms with Crippen LogP contribution in [0.25, 0.3) is 10.8 Å². The molecule has 156 valence electrons. The number of nitrogens with one attached hydrogen (secondary N) is 1. The number of fused-ring (bicyclic) bond motifs is 1. The van der Waals surface area contributed by atoms with Crippen LogP contribution >= 0.6 is 0 Å². The average molecular weight is 409 g/mol. The molecule has 2 aromatic carbocycles. The van der Waals surface area contributed by atoms with Gasteiger partial charge in [0.15, 0.2) is 11.8 Å². The number of nitrogens with zero attached hydrogens (tertiary/aromatic N) is 2. The first-order valence-electron chi connectivity index (χ1n) is 8.96. The minimum atomic E-state index is -0.814. The van der Waals surface area contributed by atoms with Gasteiger partial charge in [0.05, 0.1) is 6.20 Å². The highest BCUT2D eigenvalue weighted by Crippen LogP contribution is 2.30. The number of guanidine groups is 1. The van der Waals surface area contributed by atoms with E-state index in [-0.39, 0.29) is 17.5 Å². The van der Waals surface area contributed by atoms with E-state index in [1.807, 2.05) is 30.3 Å². The van der Waals surface area contributed by atoms with Crippen LogP contribution in [0.1, 0.15) is 15.9 Å². The van der Waals surface area contributed by atoms with Crippen molar-refractivity contribution >= 4 is 34.8 Å². The molecule has 7 N–H and O–H groups in total. The number of carbonyl (C=O) groups is 2. The molecule has 30 heavy (non-hydrogen) atoms. The van der Waals surface area contributed by atoms with Gasteiger partial charge in [0, 0.05) is 16.3 Å². The number of aliphatic imine (C=N–C) groups is 1. The maximum absolute atomic E-state index is 10.7. The molecule has 0 amide bonds. The molecule has 0 spiro atoms. The first kappa shape index (κ1) is 22.3. The number of carbonyl (C=O) groups excluding carboxylic acids is 1. The van der Waals surface area contributed by atoms with Crippen LogP contribution in [0.15, 0.2) is 59.7 Å². The molecule has 9 nitrogen and oxygen atoms in total. The normalized spacial score (nSPS) is 11.1. The Morgan fingerprint density at radius 1 is 1.20 bits per heavy atom. The smallest absolute Gasteiger partial charge is 0.321 e. The summed E-state index contributed by atoms with van der Waals surface area (Å²) < 4.78 is 0. The van der Waals surface area contributed by atoms with Gasteiger partial charge in [0.1, 0.15) is 18.1 Å². The van der Waals surface area contributed by atoms with Gasteiger partial charge in [-0.15, -0.1) is 0 Å². The average Bonchev–Trinajstić information content (AvgIpc) is 2.74. The summed E-state index contributed by atoms with van der Waals surface area (Å²) in [4.78, 5) is 29.1. The Balaban J connectivity index is 0.000000222. The molecular formula is C21H23N5O4. The third-order valence-corrected chi connectivity index (χ3v) is 4.17. The highest BCUT2D eigenvalue weighted by Gasteiger charge is 2.14. The van der Waals surface area contributed by atoms with E-state index in [2.05, 4.69) is 15.3 Å². The highest BCUT2D eigenvalue weighted by atomic mass is 16.4. The molecule has 3 rings (SSSR count). The molecule has 0 fully saturated rings. The van der Waals surface area contributed by atoms with Crippen molar-refractivity contribution in [2.24, 2.45) is 16.5 Å². The van der Waals surface area contributed by atoms with Gasteiger partial charge in [0.2, 0.25) is 0 Å². The number of hydrogen-bond donors (Lipinski definition) is 5. The molecule has 0 saturated carbocycles. The van der Waals surface area contributed by atoms with Crippen LogP contribution in [-0.2, 0) is 11.2 Å². The van der Waals surface area contributed by atoms with Gasteiger partial charge in [-0.2, -0.15) is 4.99 Å². The van der Waals surface area contributed by atoms with Crippen molar-refractivity contribution in [1.82, 2.24) is 10.3 Å². The number of aromatic nitrogens is 1. The van der Waals surface area contributed by atoms with Crippen LogP contribution in [0, 0.1) is 0 Å². The van der Waals surface area contributed by atoms with Crippen LogP contribution in [0.2, 0.25) is 0 Å². The zero-order valence-corrected chi connectivity index (χ0v) is 16.3. The van der Waals surface area contributed by atoms with E-state index in [9.17, 15) is 14.7 Å². The largest absolute Gasteiger partial charge is 0.506 e. The van der Waals surface area contributed by atoms with Crippen LogP contribution < -0.4 is 16.8 Å². The second-order valence-corrected chi connectivity index (χ2v) is 6.30. The molecule has 1 atom stereocenters. The lowest BCUT2D eigenvalue weighted by atomic mass is 10.1. The summed E-state index contributed by atoms with van der Waals surface area (Å²) in [5.74, 6) is -0.680. The topological polar surface area (TPSA) is 164 Å². The fourth-order valence-corrected chi connectivity index (χ4v) is 2.68. The van der Waals surface area contributed by atoms with E-state index in [1.54, 1.807) is 25.2 Å². The number of nitrogens with two attached hydrogens (primary N) is 2. The fraction of sp³-hybridized carbons (Fsp3) is 0.143. The number of rotatable bonds is 6. The molecule has 0 bridgehead atoms. The quantitative estimate of drug-likeness (QED) is 0.232. The summed E-state index contributed by atoms with van der Waals surface area (Å²) >= 11 is 0. The Hall–Kier alpha value is -3.98. The van der Waals surface area contributed by atoms with E-state index >= 15 is 0 Å². The maximum Gasteiger partial charge on any atom is 0.321 e. The van der Waals surface area contributed by atoms with Gasteiger partial charge in [-0.1, -0.05) is 36.4 Å². The summed E-state index contributed by atoms with van der Waals surface area (Å²) in [6, 6.07) is 13.8. The molecule has 1 unspecified atom stereocenters. The van der Waals surface area contributed by atoms with Gasteiger partial charge in [-0.3, -0.25) is 9.59 Å². The maximum atomic E-state index is 10.7. The summed E-state index contributed by atoms with van der Waals surface area (Å²) in [5.41, 5.74) is 12.0. The molecule has 0 aliphatic rings. The first-order valence-corrected chi connectivity index (χ1v) is 8.96. The van der Waals surface area contributed by atoms with Crippen LogP contribution in [0.4, 0.5) is 5.82 Å². The SMILES string of the molecule is CNC(Cc1ccccc1)C(=O)O.NC(N)=Nc1ncc(O)c2ccc(C=O)cc12. The minimum Gasteiger partial charge on any atom is -0.506 e. The van der Waals surface area contributed by atoms with E-state index in [4.69, 9.17) is 16.6 Å². The lowest BCUT2D eigenvalue weighted by Gasteiger charge is -2.10. The van der Waals surface area contributed by atoms with Crippen molar-refractivity contribution in [1.29, 1.82) is 0 Å². The number of likely N-dealkylation sites (N-methyl/N-ethyl adjacent to an activating group) is 1. The minimum absolute atomic E-state index is 0.00647. The lowest BCUT2D eigenvalue weighted by Crippen LogP contribution is -2.35. The second-order valence-electron chi connectivity index (χ2n) is 6.30. The Bertz CT molecular complexity index is 1050. The first-order chi connectivity index (χ1) is 14.3. The molecular weight excluding hydrogens is 386 g/mol. The summed E-state index contributed by atoms with van der Waals surface area (Å²) in [5, 5.41) is 22.2. The van der Waals surface area contributed by atoms with Gasteiger partial charge in [0.25, 0.3) is 0 Å². The highest BCUT2D eigenvalue weighted by molar-refractivity contribution is 5.99. The number of pyridine rings is 1. The molecule has 3 aromatic rings. The number of aldehydes is 1. The van der Waals surface area contributed by atoms with Gasteiger partial charge >= 0.3 is 5.97 Å². The van der Waals surface area contributed by atoms with E-state index in [0.717, 1.165) is 5.56 Å². The summed E-state index contributed by atoms with van der Waals surface area (Å²) in [7, 11) is 1.65. The predicted molar refractivity (Wildman–Crippen MR) is 115 cm³/mol. The third kappa shape index (κ3) is 6.01. The Morgan fingerprint density at radius 2 is 1.90 bits per heavy atom. The second kappa shape index (κ2) is 10.5. The molecule has 0 saturated heterocycles. The summed E-state index contributed by atoms with van der Waals surface area (Å²) in [6.45, 7) is 0. The number of benzene rings is 2. The Kier molecular flexibility index (Phi) is 7.83. The standard InChI is InChI=1S/C11H10N4O2.C10H13NO2/c12-11(13)15-10-8-3-6(5-16)1-2-7(8)9(17)4-14-10;1-11-9(10(12)13)7-8-5-3-2-4-6-8/h1-5,17H,(H4,12,13,14,15);2-6,9,11H,7H2,1H3,(H,12,13). The van der Waals surface area contributed by atoms with E-state index < -0.39 is 12.0 Å². The van der Waals surface area contributed by atoms with Crippen LogP contribution in [0.5, 0.6) is 5.75 Å². The molecule has 1 heterocycles. The van der Waals surface area contributed by atoms with E-state index in [1.165, 1.54) is 6.20 Å². The van der Waals surface area contributed by atoms with Crippen LogP contribution in [0.3, 0.4) is 0 Å². The van der Waals surface area contributed by atoms with E-state index in [0.29, 0.717) is 29.0 Å². The monoisotopic (exact) mass is 409 g/mol. The van der Waals surface area contributed by atoms with Crippen molar-refractivity contribution in [3.8, 4) is 5.75 Å². The molecule has 9 heteroatoms. The molecule has 0 radical (unpaired) electrons. The fourth-order valence-electron chi connectivity index (χ4n) is 2.68. The number of hydrogen-bond acceptors (Lipinski definition) is 6. The molecule has 0 aliphatic carbocycles. The summed E-state index contributed by atoms with van der Waals surface area (Å²) in [6.07, 6.45) is 2.47. The van der Waals surface area contributed by atoms with Crippen molar-refractivity contribution < 1.29 is 19.8 Å². The van der Waals surface area contributed by atoms with Gasteiger partial charge < -0.3 is 27.0 Å². The van der Waals surface area contributed by atoms with Crippen LogP contribution in [-0.4, -0.2) is 46.5 Å². The number of aliphatic carboxylic acids is 1. The molecule has 1 aromatic heterocycles. The predicted octanol–water partition coefficient (Wildman–Crippen LogP) is 1.56. The third-order valence-electron chi connectivity index (χ3n) is 4.17.